The van der Waals surface area contributed by atoms with Crippen molar-refractivity contribution >= 4 is 29.2 Å². The highest BCUT2D eigenvalue weighted by Gasteiger charge is 2.20. The fourth-order valence-electron chi connectivity index (χ4n) is 3.27. The van der Waals surface area contributed by atoms with Crippen molar-refractivity contribution in [3.63, 3.8) is 0 Å². The maximum atomic E-state index is 14.4. The van der Waals surface area contributed by atoms with Crippen molar-refractivity contribution in [3.8, 4) is 17.2 Å². The number of nitrogens with zero attached hydrogens (tertiary/aromatic N) is 1. The van der Waals surface area contributed by atoms with Crippen LogP contribution in [0.25, 0.3) is 11.1 Å². The number of hydrogen-bond donors (Lipinski definition) is 2. The van der Waals surface area contributed by atoms with Gasteiger partial charge >= 0.3 is 6.09 Å². The van der Waals surface area contributed by atoms with E-state index in [0.29, 0.717) is 0 Å². The summed E-state index contributed by atoms with van der Waals surface area (Å²) in [4.78, 5) is 37.6. The first kappa shape index (κ1) is 26.0. The topological polar surface area (TPSA) is 108 Å². The number of anilines is 2. The molecular formula is C27H23F2N3O4. The Balaban J connectivity index is 1.90. The van der Waals surface area contributed by atoms with Crippen molar-refractivity contribution in [2.45, 2.75) is 32.8 Å². The molecule has 0 saturated carbocycles. The van der Waals surface area contributed by atoms with Crippen LogP contribution in [0.15, 0.2) is 60.7 Å². The second-order valence-electron chi connectivity index (χ2n) is 8.83. The molecule has 0 radical (unpaired) electrons. The highest BCUT2D eigenvalue weighted by atomic mass is 19.2. The maximum absolute atomic E-state index is 14.4. The number of ketones is 1. The van der Waals surface area contributed by atoms with E-state index < -0.39 is 41.4 Å². The van der Waals surface area contributed by atoms with Crippen molar-refractivity contribution in [1.82, 2.24) is 0 Å². The lowest BCUT2D eigenvalue weighted by Gasteiger charge is -2.21. The van der Waals surface area contributed by atoms with Crippen molar-refractivity contribution in [2.75, 3.05) is 10.6 Å². The summed E-state index contributed by atoms with van der Waals surface area (Å²) in [6.07, 6.45) is -1.36. The maximum Gasteiger partial charge on any atom is 0.412 e. The Labute approximate surface area is 206 Å². The van der Waals surface area contributed by atoms with Gasteiger partial charge in [0.1, 0.15) is 5.60 Å². The van der Waals surface area contributed by atoms with Gasteiger partial charge in [-0.2, -0.15) is 5.26 Å². The minimum atomic E-state index is -1.07. The molecule has 0 aromatic heterocycles. The van der Waals surface area contributed by atoms with Crippen LogP contribution in [0.1, 0.15) is 43.1 Å². The van der Waals surface area contributed by atoms with Crippen LogP contribution in [0.2, 0.25) is 0 Å². The Hall–Kier alpha value is -4.58. The molecule has 2 N–H and O–H groups in total. The third-order valence-electron chi connectivity index (χ3n) is 4.83. The summed E-state index contributed by atoms with van der Waals surface area (Å²) in [7, 11) is 0. The van der Waals surface area contributed by atoms with Crippen molar-refractivity contribution in [2.24, 2.45) is 0 Å². The Morgan fingerprint density at radius 3 is 2.36 bits per heavy atom. The summed E-state index contributed by atoms with van der Waals surface area (Å²) in [5.74, 6) is -3.36. The van der Waals surface area contributed by atoms with Gasteiger partial charge in [0.15, 0.2) is 17.4 Å². The number of halogens is 2. The molecule has 184 valence electrons. The molecule has 0 fully saturated rings. The van der Waals surface area contributed by atoms with E-state index in [-0.39, 0.29) is 33.6 Å². The zero-order valence-electron chi connectivity index (χ0n) is 19.8. The molecule has 0 heterocycles. The molecule has 0 saturated heterocycles. The minimum absolute atomic E-state index is 0.0468. The lowest BCUT2D eigenvalue weighted by atomic mass is 10.0. The van der Waals surface area contributed by atoms with Crippen LogP contribution in [0.5, 0.6) is 0 Å². The molecule has 9 heteroatoms. The fourth-order valence-corrected chi connectivity index (χ4v) is 3.27. The SMILES string of the molecule is CC(C)(C)OC(=O)Nc1ccc(-c2cccc(F)c2F)cc1NC(=O)CC(=O)c1cccc(C#N)c1. The number of carbonyl (C=O) groups is 3. The van der Waals surface area contributed by atoms with Gasteiger partial charge in [-0.15, -0.1) is 0 Å². The molecule has 0 spiro atoms. The van der Waals surface area contributed by atoms with Crippen molar-refractivity contribution in [3.05, 3.63) is 83.4 Å². The van der Waals surface area contributed by atoms with Crippen LogP contribution in [0.3, 0.4) is 0 Å². The summed E-state index contributed by atoms with van der Waals surface area (Å²) in [5, 5.41) is 14.1. The zero-order valence-corrected chi connectivity index (χ0v) is 19.8. The number of nitriles is 1. The molecule has 0 bridgehead atoms. The average molecular weight is 491 g/mol. The number of rotatable bonds is 6. The Kier molecular flexibility index (Phi) is 7.80. The van der Waals surface area contributed by atoms with Gasteiger partial charge in [-0.3, -0.25) is 14.9 Å². The minimum Gasteiger partial charge on any atom is -0.444 e. The Morgan fingerprint density at radius 1 is 0.944 bits per heavy atom. The van der Waals surface area contributed by atoms with Crippen LogP contribution in [-0.2, 0) is 9.53 Å². The van der Waals surface area contributed by atoms with Gasteiger partial charge < -0.3 is 10.1 Å². The summed E-state index contributed by atoms with van der Waals surface area (Å²) in [5.41, 5.74) is 0.0102. The van der Waals surface area contributed by atoms with E-state index in [1.165, 1.54) is 54.6 Å². The molecule has 36 heavy (non-hydrogen) atoms. The molecule has 7 nitrogen and oxygen atoms in total. The zero-order chi connectivity index (χ0) is 26.5. The normalized spacial score (nSPS) is 10.8. The van der Waals surface area contributed by atoms with E-state index in [9.17, 15) is 23.2 Å². The number of benzene rings is 3. The van der Waals surface area contributed by atoms with Gasteiger partial charge in [-0.05, 0) is 56.7 Å². The van der Waals surface area contributed by atoms with Gasteiger partial charge in [-0.25, -0.2) is 13.6 Å². The number of ether oxygens (including phenoxy) is 1. The summed E-state index contributed by atoms with van der Waals surface area (Å²) < 4.78 is 33.4. The van der Waals surface area contributed by atoms with Crippen LogP contribution < -0.4 is 10.6 Å². The van der Waals surface area contributed by atoms with E-state index in [4.69, 9.17) is 10.00 Å². The molecule has 0 atom stereocenters. The fraction of sp³-hybridized carbons (Fsp3) is 0.185. The van der Waals surface area contributed by atoms with Crippen LogP contribution in [-0.4, -0.2) is 23.4 Å². The first-order chi connectivity index (χ1) is 17.0. The molecule has 2 amide bonds. The molecule has 0 aliphatic rings. The number of amides is 2. The second-order valence-corrected chi connectivity index (χ2v) is 8.83. The van der Waals surface area contributed by atoms with Gasteiger partial charge in [-0.1, -0.05) is 30.3 Å². The van der Waals surface area contributed by atoms with Gasteiger partial charge in [0.25, 0.3) is 0 Å². The first-order valence-electron chi connectivity index (χ1n) is 10.9. The quantitative estimate of drug-likeness (QED) is 0.322. The van der Waals surface area contributed by atoms with E-state index in [1.807, 2.05) is 6.07 Å². The molecule has 3 aromatic carbocycles. The predicted molar refractivity (Wildman–Crippen MR) is 130 cm³/mol. The number of nitrogens with one attached hydrogen (secondary N) is 2. The van der Waals surface area contributed by atoms with Crippen molar-refractivity contribution in [1.29, 1.82) is 5.26 Å². The molecule has 3 aromatic rings. The molecule has 3 rings (SSSR count). The predicted octanol–water partition coefficient (Wildman–Crippen LogP) is 6.06. The average Bonchev–Trinajstić information content (AvgIpc) is 2.80. The summed E-state index contributed by atoms with van der Waals surface area (Å²) in [6.45, 7) is 5.04. The summed E-state index contributed by atoms with van der Waals surface area (Å²) >= 11 is 0. The highest BCUT2D eigenvalue weighted by Crippen LogP contribution is 2.32. The van der Waals surface area contributed by atoms with Crippen LogP contribution >= 0.6 is 0 Å². The Bertz CT molecular complexity index is 1370. The third-order valence-corrected chi connectivity index (χ3v) is 4.83. The van der Waals surface area contributed by atoms with Crippen molar-refractivity contribution < 1.29 is 27.9 Å². The standard InChI is InChI=1S/C27H23F2N3O4/c1-27(2,3)36-26(35)32-21-11-10-17(19-8-5-9-20(28)25(19)29)13-22(21)31-24(34)14-23(33)18-7-4-6-16(12-18)15-30/h4-13H,14H2,1-3H3,(H,31,34)(H,32,35). The molecular weight excluding hydrogens is 468 g/mol. The molecule has 0 aliphatic heterocycles. The number of hydrogen-bond acceptors (Lipinski definition) is 5. The molecule has 0 unspecified atom stereocenters. The van der Waals surface area contributed by atoms with E-state index in [1.54, 1.807) is 20.8 Å². The third kappa shape index (κ3) is 6.73. The number of Topliss-reactive ketones (excluding diaryl/α,β-unsaturated/α-hetero) is 1. The van der Waals surface area contributed by atoms with Gasteiger partial charge in [0.2, 0.25) is 5.91 Å². The van der Waals surface area contributed by atoms with E-state index in [0.717, 1.165) is 6.07 Å². The largest absolute Gasteiger partial charge is 0.444 e. The second kappa shape index (κ2) is 10.8. The van der Waals surface area contributed by atoms with E-state index in [2.05, 4.69) is 10.6 Å². The smallest absolute Gasteiger partial charge is 0.412 e. The Morgan fingerprint density at radius 2 is 1.67 bits per heavy atom. The summed E-state index contributed by atoms with van der Waals surface area (Å²) in [6, 6.07) is 15.7. The highest BCUT2D eigenvalue weighted by molar-refractivity contribution is 6.12. The lowest BCUT2D eigenvalue weighted by molar-refractivity contribution is -0.115. The monoisotopic (exact) mass is 491 g/mol. The number of carbonyl (C=O) groups excluding carboxylic acids is 3. The lowest BCUT2D eigenvalue weighted by Crippen LogP contribution is -2.27. The molecule has 0 aliphatic carbocycles. The first-order valence-corrected chi connectivity index (χ1v) is 10.9. The van der Waals surface area contributed by atoms with E-state index >= 15 is 0 Å². The van der Waals surface area contributed by atoms with Crippen LogP contribution in [0.4, 0.5) is 25.0 Å². The van der Waals surface area contributed by atoms with Crippen LogP contribution in [0, 0.1) is 23.0 Å². The van der Waals surface area contributed by atoms with Gasteiger partial charge in [0, 0.05) is 11.1 Å². The van der Waals surface area contributed by atoms with Gasteiger partial charge in [0.05, 0.1) is 29.4 Å².